The van der Waals surface area contributed by atoms with Gasteiger partial charge in [-0.05, 0) is 23.8 Å². The number of benzene rings is 1. The van der Waals surface area contributed by atoms with E-state index in [9.17, 15) is 13.2 Å². The lowest BCUT2D eigenvalue weighted by atomic mass is 10.2. The van der Waals surface area contributed by atoms with Crippen LogP contribution < -0.4 is 4.72 Å². The molecule has 1 aromatic rings. The minimum atomic E-state index is -3.41. The van der Waals surface area contributed by atoms with Crippen LogP contribution in [-0.2, 0) is 15.0 Å². The van der Waals surface area contributed by atoms with Crippen LogP contribution in [0.4, 0.5) is 0 Å². The Morgan fingerprint density at radius 1 is 1.18 bits per heavy atom. The second-order valence-electron chi connectivity index (χ2n) is 4.82. The number of nitrogens with zero attached hydrogens (tertiary/aromatic N) is 2. The monoisotopic (exact) mass is 343 g/mol. The molecule has 1 fully saturated rings. The van der Waals surface area contributed by atoms with Crippen LogP contribution in [0.1, 0.15) is 5.56 Å². The summed E-state index contributed by atoms with van der Waals surface area (Å²) in [6.45, 7) is 1.35. The quantitative estimate of drug-likeness (QED) is 0.828. The van der Waals surface area contributed by atoms with E-state index in [2.05, 4.69) is 4.72 Å². The molecule has 1 aliphatic heterocycles. The number of nitrogens with one attached hydrogen (secondary N) is 1. The maximum absolute atomic E-state index is 12.1. The van der Waals surface area contributed by atoms with Gasteiger partial charge in [-0.25, -0.2) is 4.72 Å². The number of piperazine rings is 1. The van der Waals surface area contributed by atoms with E-state index in [4.69, 9.17) is 11.6 Å². The zero-order valence-electron chi connectivity index (χ0n) is 12.2. The van der Waals surface area contributed by atoms with Crippen LogP contribution >= 0.6 is 11.6 Å². The highest BCUT2D eigenvalue weighted by Crippen LogP contribution is 2.11. The summed E-state index contributed by atoms with van der Waals surface area (Å²) in [5.41, 5.74) is 0.883. The molecule has 1 amide bonds. The molecule has 2 rings (SSSR count). The Morgan fingerprint density at radius 2 is 1.77 bits per heavy atom. The second-order valence-corrected chi connectivity index (χ2v) is 7.13. The molecule has 1 aliphatic rings. The third-order valence-corrected chi connectivity index (χ3v) is 5.25. The Bertz CT molecular complexity index is 650. The molecule has 0 radical (unpaired) electrons. The highest BCUT2D eigenvalue weighted by atomic mass is 35.5. The van der Waals surface area contributed by atoms with Gasteiger partial charge in [-0.2, -0.15) is 12.7 Å². The summed E-state index contributed by atoms with van der Waals surface area (Å²) in [4.78, 5) is 13.7. The van der Waals surface area contributed by atoms with Gasteiger partial charge in [-0.15, -0.1) is 0 Å². The SMILES string of the molecule is CNS(=O)(=O)N1CCN(C(=O)/C=C/c2ccc(Cl)cc2)CC1. The first kappa shape index (κ1) is 17.0. The fourth-order valence-corrected chi connectivity index (χ4v) is 3.15. The highest BCUT2D eigenvalue weighted by molar-refractivity contribution is 7.87. The zero-order valence-corrected chi connectivity index (χ0v) is 13.8. The number of carbonyl (C=O) groups excluding carboxylic acids is 1. The predicted octanol–water partition coefficient (Wildman–Crippen LogP) is 0.962. The molecule has 0 spiro atoms. The molecule has 0 aromatic heterocycles. The molecule has 0 bridgehead atoms. The molecular weight excluding hydrogens is 326 g/mol. The van der Waals surface area contributed by atoms with E-state index in [1.165, 1.54) is 17.4 Å². The molecule has 1 saturated heterocycles. The Balaban J connectivity index is 1.91. The third-order valence-electron chi connectivity index (χ3n) is 3.44. The van der Waals surface area contributed by atoms with Crippen molar-refractivity contribution in [2.24, 2.45) is 0 Å². The second kappa shape index (κ2) is 7.23. The van der Waals surface area contributed by atoms with Crippen molar-refractivity contribution in [2.75, 3.05) is 33.2 Å². The number of hydrogen-bond acceptors (Lipinski definition) is 3. The van der Waals surface area contributed by atoms with Gasteiger partial charge in [0, 0.05) is 44.3 Å². The van der Waals surface area contributed by atoms with Crippen LogP contribution in [0.2, 0.25) is 5.02 Å². The average molecular weight is 344 g/mol. The summed E-state index contributed by atoms with van der Waals surface area (Å²) < 4.78 is 26.9. The Morgan fingerprint density at radius 3 is 2.32 bits per heavy atom. The summed E-state index contributed by atoms with van der Waals surface area (Å²) >= 11 is 5.80. The summed E-state index contributed by atoms with van der Waals surface area (Å²) in [5, 5.41) is 0.644. The molecule has 1 N–H and O–H groups in total. The molecule has 120 valence electrons. The maximum atomic E-state index is 12.1. The van der Waals surface area contributed by atoms with Gasteiger partial charge in [0.05, 0.1) is 0 Å². The number of halogens is 1. The number of rotatable bonds is 4. The molecule has 0 saturated carbocycles. The molecule has 0 atom stereocenters. The topological polar surface area (TPSA) is 69.7 Å². The van der Waals surface area contributed by atoms with Crippen molar-refractivity contribution in [3.63, 3.8) is 0 Å². The molecule has 0 unspecified atom stereocenters. The molecular formula is C14H18ClN3O3S. The van der Waals surface area contributed by atoms with Crippen molar-refractivity contribution in [1.82, 2.24) is 13.9 Å². The lowest BCUT2D eigenvalue weighted by Crippen LogP contribution is -2.52. The van der Waals surface area contributed by atoms with Gasteiger partial charge in [0.15, 0.2) is 0 Å². The first-order valence-corrected chi connectivity index (χ1v) is 8.65. The van der Waals surface area contributed by atoms with Gasteiger partial charge in [0.25, 0.3) is 10.2 Å². The van der Waals surface area contributed by atoms with Gasteiger partial charge in [0.1, 0.15) is 0 Å². The van der Waals surface area contributed by atoms with E-state index in [1.807, 2.05) is 12.1 Å². The van der Waals surface area contributed by atoms with Crippen molar-refractivity contribution in [2.45, 2.75) is 0 Å². The molecule has 0 aliphatic carbocycles. The third kappa shape index (κ3) is 4.30. The first-order valence-electron chi connectivity index (χ1n) is 6.83. The van der Waals surface area contributed by atoms with Gasteiger partial charge in [-0.1, -0.05) is 23.7 Å². The van der Waals surface area contributed by atoms with E-state index in [1.54, 1.807) is 23.1 Å². The minimum absolute atomic E-state index is 0.128. The molecule has 1 heterocycles. The van der Waals surface area contributed by atoms with Gasteiger partial charge >= 0.3 is 0 Å². The van der Waals surface area contributed by atoms with Crippen molar-refractivity contribution < 1.29 is 13.2 Å². The predicted molar refractivity (Wildman–Crippen MR) is 86.6 cm³/mol. The van der Waals surface area contributed by atoms with E-state index >= 15 is 0 Å². The maximum Gasteiger partial charge on any atom is 0.279 e. The summed E-state index contributed by atoms with van der Waals surface area (Å²) in [6, 6.07) is 7.16. The van der Waals surface area contributed by atoms with Crippen molar-refractivity contribution in [1.29, 1.82) is 0 Å². The largest absolute Gasteiger partial charge is 0.337 e. The number of amides is 1. The zero-order chi connectivity index (χ0) is 16.2. The van der Waals surface area contributed by atoms with Crippen molar-refractivity contribution in [3.8, 4) is 0 Å². The lowest BCUT2D eigenvalue weighted by molar-refractivity contribution is -0.127. The molecule has 1 aromatic carbocycles. The summed E-state index contributed by atoms with van der Waals surface area (Å²) in [7, 11) is -2.04. The fourth-order valence-electron chi connectivity index (χ4n) is 2.12. The normalized spacial score (nSPS) is 17.1. The van der Waals surface area contributed by atoms with E-state index < -0.39 is 10.2 Å². The van der Waals surface area contributed by atoms with Crippen LogP contribution in [0.15, 0.2) is 30.3 Å². The lowest BCUT2D eigenvalue weighted by Gasteiger charge is -2.33. The van der Waals surface area contributed by atoms with Crippen molar-refractivity contribution in [3.05, 3.63) is 40.9 Å². The fraction of sp³-hybridized carbons (Fsp3) is 0.357. The number of carbonyl (C=O) groups is 1. The summed E-state index contributed by atoms with van der Waals surface area (Å²) in [6.07, 6.45) is 3.21. The minimum Gasteiger partial charge on any atom is -0.337 e. The van der Waals surface area contributed by atoms with Crippen LogP contribution in [0, 0.1) is 0 Å². The number of hydrogen-bond donors (Lipinski definition) is 1. The van der Waals surface area contributed by atoms with Crippen molar-refractivity contribution >= 4 is 33.8 Å². The van der Waals surface area contributed by atoms with Crippen LogP contribution in [0.3, 0.4) is 0 Å². The highest BCUT2D eigenvalue weighted by Gasteiger charge is 2.26. The van der Waals surface area contributed by atoms with E-state index in [0.717, 1.165) is 5.56 Å². The molecule has 8 heteroatoms. The summed E-state index contributed by atoms with van der Waals surface area (Å²) in [5.74, 6) is -0.128. The molecule has 22 heavy (non-hydrogen) atoms. The standard InChI is InChI=1S/C14H18ClN3O3S/c1-16-22(20,21)18-10-8-17(9-11-18)14(19)7-4-12-2-5-13(15)6-3-12/h2-7,16H,8-11H2,1H3/b7-4+. The van der Waals surface area contributed by atoms with Crippen LogP contribution in [0.5, 0.6) is 0 Å². The van der Waals surface area contributed by atoms with E-state index in [-0.39, 0.29) is 5.91 Å². The van der Waals surface area contributed by atoms with Gasteiger partial charge < -0.3 is 4.90 Å². The first-order chi connectivity index (χ1) is 10.4. The Kier molecular flexibility index (Phi) is 5.57. The smallest absolute Gasteiger partial charge is 0.279 e. The molecule has 6 nitrogen and oxygen atoms in total. The Labute approximate surface area is 135 Å². The van der Waals surface area contributed by atoms with Gasteiger partial charge in [0.2, 0.25) is 5.91 Å². The van der Waals surface area contributed by atoms with E-state index in [0.29, 0.717) is 31.2 Å². The van der Waals surface area contributed by atoms with Crippen LogP contribution in [-0.4, -0.2) is 56.8 Å². The Hall–Kier alpha value is -1.41. The average Bonchev–Trinajstić information content (AvgIpc) is 2.54. The van der Waals surface area contributed by atoms with Gasteiger partial charge in [-0.3, -0.25) is 4.79 Å². The van der Waals surface area contributed by atoms with Crippen LogP contribution in [0.25, 0.3) is 6.08 Å².